The van der Waals surface area contributed by atoms with E-state index in [0.29, 0.717) is 27.4 Å². The Morgan fingerprint density at radius 1 is 1.15 bits per heavy atom. The largest absolute Gasteiger partial charge is 0.493 e. The van der Waals surface area contributed by atoms with Gasteiger partial charge in [-0.25, -0.2) is 14.4 Å². The van der Waals surface area contributed by atoms with Gasteiger partial charge in [-0.1, -0.05) is 11.6 Å². The lowest BCUT2D eigenvalue weighted by molar-refractivity contribution is 0.355. The van der Waals surface area contributed by atoms with Gasteiger partial charge in [0.1, 0.15) is 0 Å². The number of hydrogen-bond acceptors (Lipinski definition) is 4. The zero-order valence-corrected chi connectivity index (χ0v) is 13.3. The SMILES string of the molecule is COc1cc(Br)c(-c2nc(C)c(F)c(Cl)n2)cc1OC. The van der Waals surface area contributed by atoms with E-state index in [-0.39, 0.29) is 10.8 Å². The van der Waals surface area contributed by atoms with Crippen LogP contribution in [0.1, 0.15) is 5.69 Å². The van der Waals surface area contributed by atoms with Crippen molar-refractivity contribution in [3.05, 3.63) is 33.3 Å². The maximum absolute atomic E-state index is 13.5. The molecule has 0 spiro atoms. The molecule has 7 heteroatoms. The van der Waals surface area contributed by atoms with Gasteiger partial charge in [-0.2, -0.15) is 0 Å². The van der Waals surface area contributed by atoms with Crippen LogP contribution < -0.4 is 9.47 Å². The van der Waals surface area contributed by atoms with Crippen molar-refractivity contribution in [2.45, 2.75) is 6.92 Å². The Bertz CT molecular complexity index is 644. The fourth-order valence-electron chi connectivity index (χ4n) is 1.67. The van der Waals surface area contributed by atoms with Crippen LogP contribution in [0.3, 0.4) is 0 Å². The van der Waals surface area contributed by atoms with Gasteiger partial charge in [-0.15, -0.1) is 0 Å². The summed E-state index contributed by atoms with van der Waals surface area (Å²) in [5.74, 6) is 0.772. The number of hydrogen-bond donors (Lipinski definition) is 0. The Labute approximate surface area is 129 Å². The molecule has 0 fully saturated rings. The number of methoxy groups -OCH3 is 2. The van der Waals surface area contributed by atoms with E-state index in [9.17, 15) is 4.39 Å². The van der Waals surface area contributed by atoms with Gasteiger partial charge in [-0.05, 0) is 35.0 Å². The molecule has 0 bridgehead atoms. The Morgan fingerprint density at radius 3 is 2.30 bits per heavy atom. The van der Waals surface area contributed by atoms with Crippen molar-refractivity contribution < 1.29 is 13.9 Å². The van der Waals surface area contributed by atoms with E-state index >= 15 is 0 Å². The molecular formula is C13H11BrClFN2O2. The van der Waals surface area contributed by atoms with E-state index in [1.807, 2.05) is 0 Å². The van der Waals surface area contributed by atoms with Crippen LogP contribution in [0.5, 0.6) is 11.5 Å². The number of aromatic nitrogens is 2. The number of aryl methyl sites for hydroxylation is 1. The molecule has 0 radical (unpaired) electrons. The van der Waals surface area contributed by atoms with E-state index in [1.165, 1.54) is 14.0 Å². The second kappa shape index (κ2) is 5.93. The van der Waals surface area contributed by atoms with Gasteiger partial charge in [0.2, 0.25) is 0 Å². The monoisotopic (exact) mass is 360 g/mol. The molecule has 1 aromatic carbocycles. The number of benzene rings is 1. The second-order valence-corrected chi connectivity index (χ2v) is 5.14. The first kappa shape index (κ1) is 15.0. The molecule has 20 heavy (non-hydrogen) atoms. The van der Waals surface area contributed by atoms with Crippen LogP contribution in [0.2, 0.25) is 5.15 Å². The summed E-state index contributed by atoms with van der Waals surface area (Å²) in [6.45, 7) is 1.53. The standard InChI is InChI=1S/C13H11BrClFN2O2/c1-6-11(16)12(15)18-13(17-6)7-4-9(19-2)10(20-3)5-8(7)14/h4-5H,1-3H3. The Hall–Kier alpha value is -1.40. The topological polar surface area (TPSA) is 44.2 Å². The summed E-state index contributed by atoms with van der Waals surface area (Å²) in [5, 5.41) is -0.214. The Balaban J connectivity index is 2.63. The van der Waals surface area contributed by atoms with Gasteiger partial charge in [0.25, 0.3) is 0 Å². The first-order valence-corrected chi connectivity index (χ1v) is 6.76. The molecule has 1 heterocycles. The summed E-state index contributed by atoms with van der Waals surface area (Å²) in [6, 6.07) is 3.43. The molecule has 106 valence electrons. The van der Waals surface area contributed by atoms with Crippen molar-refractivity contribution in [1.29, 1.82) is 0 Å². The van der Waals surface area contributed by atoms with E-state index in [4.69, 9.17) is 21.1 Å². The highest BCUT2D eigenvalue weighted by Crippen LogP contribution is 2.37. The van der Waals surface area contributed by atoms with Gasteiger partial charge in [-0.3, -0.25) is 0 Å². The predicted octanol–water partition coefficient (Wildman–Crippen LogP) is 4.02. The maximum atomic E-state index is 13.5. The summed E-state index contributed by atoms with van der Waals surface area (Å²) in [5.41, 5.74) is 0.814. The average Bonchev–Trinajstić information content (AvgIpc) is 2.43. The quantitative estimate of drug-likeness (QED) is 0.775. The molecule has 2 aromatic rings. The predicted molar refractivity (Wildman–Crippen MR) is 78.0 cm³/mol. The van der Waals surface area contributed by atoms with Crippen molar-refractivity contribution in [3.8, 4) is 22.9 Å². The maximum Gasteiger partial charge on any atom is 0.181 e. The smallest absolute Gasteiger partial charge is 0.181 e. The van der Waals surface area contributed by atoms with Crippen LogP contribution in [0, 0.1) is 12.7 Å². The highest BCUT2D eigenvalue weighted by atomic mass is 79.9. The molecule has 0 N–H and O–H groups in total. The van der Waals surface area contributed by atoms with Gasteiger partial charge in [0.15, 0.2) is 28.3 Å². The summed E-state index contributed by atoms with van der Waals surface area (Å²) in [6.07, 6.45) is 0. The first-order valence-electron chi connectivity index (χ1n) is 5.59. The lowest BCUT2D eigenvalue weighted by atomic mass is 10.2. The summed E-state index contributed by atoms with van der Waals surface area (Å²) >= 11 is 9.16. The summed E-state index contributed by atoms with van der Waals surface area (Å²) < 4.78 is 24.6. The molecule has 0 atom stereocenters. The molecule has 0 aliphatic rings. The minimum Gasteiger partial charge on any atom is -0.493 e. The minimum absolute atomic E-state index is 0.182. The van der Waals surface area contributed by atoms with Crippen molar-refractivity contribution >= 4 is 27.5 Å². The second-order valence-electron chi connectivity index (χ2n) is 3.92. The van der Waals surface area contributed by atoms with Gasteiger partial charge >= 0.3 is 0 Å². The normalized spacial score (nSPS) is 10.5. The fraction of sp³-hybridized carbons (Fsp3) is 0.231. The fourth-order valence-corrected chi connectivity index (χ4v) is 2.39. The van der Waals surface area contributed by atoms with Crippen molar-refractivity contribution in [3.63, 3.8) is 0 Å². The molecule has 0 aliphatic heterocycles. The molecule has 2 rings (SSSR count). The van der Waals surface area contributed by atoms with E-state index in [2.05, 4.69) is 25.9 Å². The Kier molecular flexibility index (Phi) is 4.45. The van der Waals surface area contributed by atoms with E-state index in [0.717, 1.165) is 0 Å². The number of halogens is 3. The lowest BCUT2D eigenvalue weighted by Gasteiger charge is -2.11. The molecule has 4 nitrogen and oxygen atoms in total. The third-order valence-corrected chi connectivity index (χ3v) is 3.60. The highest BCUT2D eigenvalue weighted by Gasteiger charge is 2.16. The number of ether oxygens (including phenoxy) is 2. The van der Waals surface area contributed by atoms with E-state index < -0.39 is 5.82 Å². The van der Waals surface area contributed by atoms with Crippen LogP contribution in [-0.2, 0) is 0 Å². The summed E-state index contributed by atoms with van der Waals surface area (Å²) in [7, 11) is 3.07. The van der Waals surface area contributed by atoms with Crippen LogP contribution in [-0.4, -0.2) is 24.2 Å². The van der Waals surface area contributed by atoms with Crippen molar-refractivity contribution in [1.82, 2.24) is 9.97 Å². The molecule has 0 aliphatic carbocycles. The molecule has 0 saturated heterocycles. The van der Waals surface area contributed by atoms with Crippen LogP contribution in [0.4, 0.5) is 4.39 Å². The zero-order valence-electron chi connectivity index (χ0n) is 11.0. The minimum atomic E-state index is -0.619. The molecular weight excluding hydrogens is 351 g/mol. The average molecular weight is 362 g/mol. The molecule has 0 amide bonds. The Morgan fingerprint density at radius 2 is 1.75 bits per heavy atom. The molecule has 0 unspecified atom stereocenters. The van der Waals surface area contributed by atoms with Gasteiger partial charge < -0.3 is 9.47 Å². The lowest BCUT2D eigenvalue weighted by Crippen LogP contribution is -1.99. The molecule has 0 saturated carbocycles. The molecule has 1 aromatic heterocycles. The van der Waals surface area contributed by atoms with Crippen LogP contribution in [0.25, 0.3) is 11.4 Å². The van der Waals surface area contributed by atoms with Crippen LogP contribution >= 0.6 is 27.5 Å². The number of rotatable bonds is 3. The van der Waals surface area contributed by atoms with Gasteiger partial charge in [0.05, 0.1) is 19.9 Å². The highest BCUT2D eigenvalue weighted by molar-refractivity contribution is 9.10. The van der Waals surface area contributed by atoms with E-state index in [1.54, 1.807) is 19.2 Å². The van der Waals surface area contributed by atoms with Gasteiger partial charge in [0, 0.05) is 10.0 Å². The third-order valence-electron chi connectivity index (χ3n) is 2.69. The third kappa shape index (κ3) is 2.71. The van der Waals surface area contributed by atoms with Crippen molar-refractivity contribution in [2.75, 3.05) is 14.2 Å². The first-order chi connectivity index (χ1) is 9.47. The zero-order chi connectivity index (χ0) is 14.9. The number of nitrogens with zero attached hydrogens (tertiary/aromatic N) is 2. The summed E-state index contributed by atoms with van der Waals surface area (Å²) in [4.78, 5) is 8.05. The van der Waals surface area contributed by atoms with Crippen molar-refractivity contribution in [2.24, 2.45) is 0 Å². The van der Waals surface area contributed by atoms with Crippen LogP contribution in [0.15, 0.2) is 16.6 Å².